The molecule has 3 aromatic heterocycles. The van der Waals surface area contributed by atoms with Crippen molar-refractivity contribution in [1.29, 1.82) is 0 Å². The minimum atomic E-state index is -0.806. The highest BCUT2D eigenvalue weighted by atomic mass is 35.5. The fraction of sp³-hybridized carbons (Fsp3) is 0.150. The summed E-state index contributed by atoms with van der Waals surface area (Å²) in [5.74, 6) is 0.901. The van der Waals surface area contributed by atoms with Crippen molar-refractivity contribution in [3.8, 4) is 10.4 Å². The molecule has 0 aliphatic carbocycles. The topological polar surface area (TPSA) is 37.5 Å². The molecule has 0 amide bonds. The Kier molecular flexibility index (Phi) is 5.05. The second-order valence-corrected chi connectivity index (χ2v) is 8.52. The van der Waals surface area contributed by atoms with Gasteiger partial charge in [-0.1, -0.05) is 60.6 Å². The molecule has 3 heterocycles. The molecule has 0 bridgehead atoms. The van der Waals surface area contributed by atoms with Crippen molar-refractivity contribution < 1.29 is 5.11 Å². The molecular weight excluding hydrogens is 384 g/mol. The summed E-state index contributed by atoms with van der Waals surface area (Å²) in [7, 11) is 0. The number of aliphatic hydroxyl groups is 1. The summed E-state index contributed by atoms with van der Waals surface area (Å²) in [6, 6.07) is 17.9. The highest BCUT2D eigenvalue weighted by Gasteiger charge is 2.22. The third-order valence-corrected chi connectivity index (χ3v) is 6.47. The van der Waals surface area contributed by atoms with E-state index in [1.165, 1.54) is 0 Å². The molecule has 0 spiro atoms. The maximum absolute atomic E-state index is 11.1. The quantitative estimate of drug-likeness (QED) is 0.423. The number of hydrogen-bond acceptors (Lipinski definition) is 4. The summed E-state index contributed by atoms with van der Waals surface area (Å²) < 4.78 is 1.96. The van der Waals surface area contributed by atoms with Crippen molar-refractivity contribution in [1.82, 2.24) is 9.38 Å². The van der Waals surface area contributed by atoms with Crippen LogP contribution in [0.15, 0.2) is 66.0 Å². The molecule has 26 heavy (non-hydrogen) atoms. The summed E-state index contributed by atoms with van der Waals surface area (Å²) in [5.41, 5.74) is 2.74. The molecule has 6 heteroatoms. The number of aliphatic hydroxyl groups excluding tert-OH is 1. The SMILES string of the molecule is CCSc1ncc2ccc(Cl)c(C(O)c3ccc(-c4ccccc4)s3)n12. The van der Waals surface area contributed by atoms with E-state index in [9.17, 15) is 5.11 Å². The minimum Gasteiger partial charge on any atom is -0.381 e. The van der Waals surface area contributed by atoms with Gasteiger partial charge < -0.3 is 5.11 Å². The molecule has 0 radical (unpaired) electrons. The first-order valence-corrected chi connectivity index (χ1v) is 10.5. The van der Waals surface area contributed by atoms with Gasteiger partial charge in [0.15, 0.2) is 5.16 Å². The molecule has 0 saturated carbocycles. The summed E-state index contributed by atoms with van der Waals surface area (Å²) in [6.07, 6.45) is 1.01. The summed E-state index contributed by atoms with van der Waals surface area (Å²) in [6.45, 7) is 2.08. The first kappa shape index (κ1) is 17.6. The molecule has 0 aliphatic heterocycles. The van der Waals surface area contributed by atoms with Gasteiger partial charge in [0, 0.05) is 9.75 Å². The van der Waals surface area contributed by atoms with Crippen molar-refractivity contribution in [2.24, 2.45) is 0 Å². The Labute approximate surface area is 165 Å². The van der Waals surface area contributed by atoms with Crippen LogP contribution in [0.3, 0.4) is 0 Å². The summed E-state index contributed by atoms with van der Waals surface area (Å²) >= 11 is 9.70. The van der Waals surface area contributed by atoms with Crippen LogP contribution in [0.25, 0.3) is 16.0 Å². The van der Waals surface area contributed by atoms with Gasteiger partial charge in [-0.15, -0.1) is 11.3 Å². The predicted molar refractivity (Wildman–Crippen MR) is 110 cm³/mol. The van der Waals surface area contributed by atoms with Gasteiger partial charge in [-0.2, -0.15) is 0 Å². The number of halogens is 1. The van der Waals surface area contributed by atoms with Crippen LogP contribution in [0.4, 0.5) is 0 Å². The standard InChI is InChI=1S/C20H17ClN2OS2/c1-2-25-20-22-12-14-8-9-15(21)18(23(14)20)19(24)17-11-10-16(26-17)13-6-4-3-5-7-13/h3-12,19,24H,2H2,1H3. The maximum Gasteiger partial charge on any atom is 0.172 e. The van der Waals surface area contributed by atoms with Gasteiger partial charge in [-0.05, 0) is 35.6 Å². The van der Waals surface area contributed by atoms with Crippen molar-refractivity contribution in [3.63, 3.8) is 0 Å². The number of imidazole rings is 1. The third-order valence-electron chi connectivity index (χ3n) is 4.13. The Morgan fingerprint density at radius 3 is 2.73 bits per heavy atom. The number of rotatable bonds is 5. The number of nitrogens with zero attached hydrogens (tertiary/aromatic N) is 2. The molecule has 3 nitrogen and oxygen atoms in total. The number of benzene rings is 1. The smallest absolute Gasteiger partial charge is 0.172 e. The zero-order valence-electron chi connectivity index (χ0n) is 14.1. The number of thioether (sulfide) groups is 1. The first-order chi connectivity index (χ1) is 12.7. The van der Waals surface area contributed by atoms with Gasteiger partial charge >= 0.3 is 0 Å². The molecule has 132 valence electrons. The van der Waals surface area contributed by atoms with E-state index in [1.54, 1.807) is 23.1 Å². The molecule has 0 saturated heterocycles. The molecule has 1 aromatic carbocycles. The summed E-state index contributed by atoms with van der Waals surface area (Å²) in [4.78, 5) is 6.46. The Morgan fingerprint density at radius 2 is 1.96 bits per heavy atom. The average molecular weight is 401 g/mol. The monoisotopic (exact) mass is 400 g/mol. The number of hydrogen-bond donors (Lipinski definition) is 1. The van der Waals surface area contributed by atoms with Gasteiger partial charge in [0.25, 0.3) is 0 Å². The number of fused-ring (bicyclic) bond motifs is 1. The minimum absolute atomic E-state index is 0.538. The van der Waals surface area contributed by atoms with Gasteiger partial charge in [-0.3, -0.25) is 4.40 Å². The lowest BCUT2D eigenvalue weighted by Crippen LogP contribution is -2.06. The van der Waals surface area contributed by atoms with Crippen molar-refractivity contribution >= 4 is 40.2 Å². The number of thiophene rings is 1. The second-order valence-electron chi connectivity index (χ2n) is 5.77. The van der Waals surface area contributed by atoms with Gasteiger partial charge in [-0.25, -0.2) is 4.98 Å². The summed E-state index contributed by atoms with van der Waals surface area (Å²) in [5, 5.41) is 12.5. The maximum atomic E-state index is 11.1. The van der Waals surface area contributed by atoms with Crippen molar-refractivity contribution in [2.75, 3.05) is 5.75 Å². The molecule has 0 aliphatic rings. The normalized spacial score (nSPS) is 12.6. The van der Waals surface area contributed by atoms with Crippen LogP contribution in [0, 0.1) is 0 Å². The number of pyridine rings is 1. The molecule has 1 atom stereocenters. The zero-order chi connectivity index (χ0) is 18.1. The largest absolute Gasteiger partial charge is 0.381 e. The fourth-order valence-corrected chi connectivity index (χ4v) is 4.91. The molecule has 4 rings (SSSR count). The first-order valence-electron chi connectivity index (χ1n) is 8.31. The van der Waals surface area contributed by atoms with Crippen LogP contribution in [0.5, 0.6) is 0 Å². The Hall–Kier alpha value is -1.79. The average Bonchev–Trinajstić information content (AvgIpc) is 3.30. The van der Waals surface area contributed by atoms with E-state index in [0.717, 1.165) is 31.7 Å². The Morgan fingerprint density at radius 1 is 1.15 bits per heavy atom. The van der Waals surface area contributed by atoms with E-state index in [-0.39, 0.29) is 0 Å². The molecule has 1 N–H and O–H groups in total. The number of aromatic nitrogens is 2. The van der Waals surface area contributed by atoms with Gasteiger partial charge in [0.1, 0.15) is 6.10 Å². The molecular formula is C20H17ClN2OS2. The molecule has 4 aromatic rings. The lowest BCUT2D eigenvalue weighted by atomic mass is 10.1. The van der Waals surface area contributed by atoms with Crippen LogP contribution >= 0.6 is 34.7 Å². The predicted octanol–water partition coefficient (Wildman–Crippen LogP) is 5.91. The lowest BCUT2D eigenvalue weighted by Gasteiger charge is -2.15. The van der Waals surface area contributed by atoms with Crippen LogP contribution < -0.4 is 0 Å². The Balaban J connectivity index is 1.79. The van der Waals surface area contributed by atoms with E-state index in [1.807, 2.05) is 53.1 Å². The van der Waals surface area contributed by atoms with Crippen LogP contribution in [0.1, 0.15) is 23.6 Å². The van der Waals surface area contributed by atoms with Crippen LogP contribution in [-0.4, -0.2) is 20.2 Å². The van der Waals surface area contributed by atoms with E-state index in [2.05, 4.69) is 24.0 Å². The van der Waals surface area contributed by atoms with Crippen LogP contribution in [-0.2, 0) is 0 Å². The Bertz CT molecular complexity index is 1040. The van der Waals surface area contributed by atoms with Gasteiger partial charge in [0.2, 0.25) is 0 Å². The third kappa shape index (κ3) is 3.16. The highest BCUT2D eigenvalue weighted by Crippen LogP contribution is 2.37. The molecule has 1 unspecified atom stereocenters. The van der Waals surface area contributed by atoms with Gasteiger partial charge in [0.05, 0.1) is 22.4 Å². The van der Waals surface area contributed by atoms with Crippen molar-refractivity contribution in [3.05, 3.63) is 76.4 Å². The van der Waals surface area contributed by atoms with E-state index in [4.69, 9.17) is 11.6 Å². The van der Waals surface area contributed by atoms with Crippen LogP contribution in [0.2, 0.25) is 5.02 Å². The van der Waals surface area contributed by atoms with E-state index in [0.29, 0.717) is 10.7 Å². The zero-order valence-corrected chi connectivity index (χ0v) is 16.5. The second kappa shape index (κ2) is 7.45. The highest BCUT2D eigenvalue weighted by molar-refractivity contribution is 7.99. The molecule has 0 fully saturated rings. The van der Waals surface area contributed by atoms with E-state index < -0.39 is 6.10 Å². The fourth-order valence-electron chi connectivity index (χ4n) is 2.93. The lowest BCUT2D eigenvalue weighted by molar-refractivity contribution is 0.217. The van der Waals surface area contributed by atoms with E-state index >= 15 is 0 Å². The van der Waals surface area contributed by atoms with Crippen molar-refractivity contribution in [2.45, 2.75) is 18.2 Å².